The standard InChI is InChI=1S/C18H39N.BrH/c1-5-8-11-14-17(4)18(19,15-12-9-6-2)16-13-10-7-3;/h17H,5-16,19H2,1-4H3;1H. The van der Waals surface area contributed by atoms with Gasteiger partial charge in [-0.25, -0.2) is 0 Å². The zero-order valence-electron chi connectivity index (χ0n) is 14.5. The first kappa shape index (κ1) is 22.7. The van der Waals surface area contributed by atoms with Gasteiger partial charge in [0.2, 0.25) is 0 Å². The lowest BCUT2D eigenvalue weighted by molar-refractivity contribution is 0.221. The third-order valence-electron chi connectivity index (χ3n) is 4.71. The first-order valence-electron chi connectivity index (χ1n) is 8.89. The molecule has 0 aromatic carbocycles. The van der Waals surface area contributed by atoms with Gasteiger partial charge in [-0.2, -0.15) is 0 Å². The molecule has 1 nitrogen and oxygen atoms in total. The highest BCUT2D eigenvalue weighted by Gasteiger charge is 2.30. The maximum atomic E-state index is 6.81. The van der Waals surface area contributed by atoms with Crippen molar-refractivity contribution < 1.29 is 0 Å². The van der Waals surface area contributed by atoms with E-state index in [1.807, 2.05) is 0 Å². The average Bonchev–Trinajstić information content (AvgIpc) is 2.39. The Balaban J connectivity index is 0. The van der Waals surface area contributed by atoms with Crippen LogP contribution < -0.4 is 5.73 Å². The van der Waals surface area contributed by atoms with Crippen LogP contribution in [0.1, 0.15) is 105 Å². The molecule has 2 N–H and O–H groups in total. The molecule has 0 aliphatic carbocycles. The van der Waals surface area contributed by atoms with Crippen LogP contribution in [0.2, 0.25) is 0 Å². The first-order valence-corrected chi connectivity index (χ1v) is 8.89. The fourth-order valence-electron chi connectivity index (χ4n) is 3.01. The van der Waals surface area contributed by atoms with Gasteiger partial charge < -0.3 is 5.73 Å². The second-order valence-corrected chi connectivity index (χ2v) is 6.54. The monoisotopic (exact) mass is 349 g/mol. The van der Waals surface area contributed by atoms with Crippen LogP contribution in [0.4, 0.5) is 0 Å². The predicted molar refractivity (Wildman–Crippen MR) is 98.8 cm³/mol. The van der Waals surface area contributed by atoms with Crippen LogP contribution >= 0.6 is 17.0 Å². The lowest BCUT2D eigenvalue weighted by atomic mass is 9.75. The van der Waals surface area contributed by atoms with Crippen LogP contribution in [0.5, 0.6) is 0 Å². The topological polar surface area (TPSA) is 26.0 Å². The largest absolute Gasteiger partial charge is 0.325 e. The van der Waals surface area contributed by atoms with Gasteiger partial charge in [0.1, 0.15) is 0 Å². The van der Waals surface area contributed by atoms with Crippen molar-refractivity contribution in [1.29, 1.82) is 0 Å². The van der Waals surface area contributed by atoms with E-state index in [4.69, 9.17) is 5.73 Å². The molecule has 0 amide bonds. The van der Waals surface area contributed by atoms with E-state index >= 15 is 0 Å². The van der Waals surface area contributed by atoms with E-state index in [-0.39, 0.29) is 22.5 Å². The number of unbranched alkanes of at least 4 members (excludes halogenated alkanes) is 6. The fourth-order valence-corrected chi connectivity index (χ4v) is 3.01. The summed E-state index contributed by atoms with van der Waals surface area (Å²) in [6.07, 6.45) is 15.7. The van der Waals surface area contributed by atoms with Crippen LogP contribution in [0.25, 0.3) is 0 Å². The summed E-state index contributed by atoms with van der Waals surface area (Å²) in [7, 11) is 0. The summed E-state index contributed by atoms with van der Waals surface area (Å²) < 4.78 is 0. The van der Waals surface area contributed by atoms with E-state index in [0.717, 1.165) is 0 Å². The van der Waals surface area contributed by atoms with Gasteiger partial charge in [0.05, 0.1) is 0 Å². The molecule has 2 heteroatoms. The maximum Gasteiger partial charge on any atom is 0.0180 e. The fraction of sp³-hybridized carbons (Fsp3) is 1.00. The van der Waals surface area contributed by atoms with Gasteiger partial charge >= 0.3 is 0 Å². The Hall–Kier alpha value is 0.440. The van der Waals surface area contributed by atoms with Crippen molar-refractivity contribution in [3.63, 3.8) is 0 Å². The van der Waals surface area contributed by atoms with Gasteiger partial charge in [-0.05, 0) is 25.2 Å². The quantitative estimate of drug-likeness (QED) is 0.370. The van der Waals surface area contributed by atoms with Crippen LogP contribution in [-0.4, -0.2) is 5.54 Å². The third kappa shape index (κ3) is 10.2. The van der Waals surface area contributed by atoms with Crippen LogP contribution in [-0.2, 0) is 0 Å². The maximum absolute atomic E-state index is 6.81. The molecule has 0 aliphatic heterocycles. The number of rotatable bonds is 13. The molecular formula is C18H40BrN. The number of hydrogen-bond donors (Lipinski definition) is 1. The van der Waals surface area contributed by atoms with E-state index in [2.05, 4.69) is 27.7 Å². The van der Waals surface area contributed by atoms with Crippen LogP contribution in [0, 0.1) is 5.92 Å². The molecule has 0 saturated carbocycles. The second-order valence-electron chi connectivity index (χ2n) is 6.54. The molecule has 0 aromatic heterocycles. The van der Waals surface area contributed by atoms with Crippen LogP contribution in [0.3, 0.4) is 0 Å². The van der Waals surface area contributed by atoms with E-state index in [0.29, 0.717) is 5.92 Å². The zero-order chi connectivity index (χ0) is 14.6. The number of halogens is 1. The SMILES string of the molecule is Br.CCCCCC(C)C(N)(CCCCC)CCCCC. The van der Waals surface area contributed by atoms with E-state index in [1.54, 1.807) is 0 Å². The van der Waals surface area contributed by atoms with E-state index in [9.17, 15) is 0 Å². The summed E-state index contributed by atoms with van der Waals surface area (Å²) in [5.41, 5.74) is 6.91. The van der Waals surface area contributed by atoms with Gasteiger partial charge in [0, 0.05) is 5.54 Å². The molecule has 0 heterocycles. The molecule has 0 rings (SSSR count). The molecule has 0 saturated heterocycles. The molecular weight excluding hydrogens is 310 g/mol. The highest BCUT2D eigenvalue weighted by molar-refractivity contribution is 8.93. The van der Waals surface area contributed by atoms with Gasteiger partial charge in [-0.1, -0.05) is 85.5 Å². The molecule has 0 fully saturated rings. The van der Waals surface area contributed by atoms with Crippen molar-refractivity contribution in [3.8, 4) is 0 Å². The summed E-state index contributed by atoms with van der Waals surface area (Å²) in [6.45, 7) is 9.23. The average molecular weight is 350 g/mol. The third-order valence-corrected chi connectivity index (χ3v) is 4.71. The minimum Gasteiger partial charge on any atom is -0.325 e. The normalized spacial score (nSPS) is 13.1. The Labute approximate surface area is 139 Å². The summed E-state index contributed by atoms with van der Waals surface area (Å²) in [5, 5.41) is 0. The zero-order valence-corrected chi connectivity index (χ0v) is 16.3. The Bertz CT molecular complexity index is 184. The van der Waals surface area contributed by atoms with Crippen molar-refractivity contribution in [2.24, 2.45) is 11.7 Å². The smallest absolute Gasteiger partial charge is 0.0180 e. The molecule has 20 heavy (non-hydrogen) atoms. The molecule has 0 spiro atoms. The molecule has 0 aromatic rings. The summed E-state index contributed by atoms with van der Waals surface area (Å²) >= 11 is 0. The van der Waals surface area contributed by atoms with Gasteiger partial charge in [-0.15, -0.1) is 17.0 Å². The molecule has 0 radical (unpaired) electrons. The second kappa shape index (κ2) is 14.4. The van der Waals surface area contributed by atoms with Crippen molar-refractivity contribution in [3.05, 3.63) is 0 Å². The molecule has 1 atom stereocenters. The number of nitrogens with two attached hydrogens (primary N) is 1. The molecule has 124 valence electrons. The highest BCUT2D eigenvalue weighted by atomic mass is 79.9. The Morgan fingerprint density at radius 1 is 0.750 bits per heavy atom. The summed E-state index contributed by atoms with van der Waals surface area (Å²) in [4.78, 5) is 0. The Morgan fingerprint density at radius 2 is 1.15 bits per heavy atom. The lowest BCUT2D eigenvalue weighted by Gasteiger charge is -2.36. The predicted octanol–water partition coefficient (Wildman–Crippen LogP) is 6.64. The highest BCUT2D eigenvalue weighted by Crippen LogP contribution is 2.31. The molecule has 0 bridgehead atoms. The minimum atomic E-state index is 0. The lowest BCUT2D eigenvalue weighted by Crippen LogP contribution is -2.46. The minimum absolute atomic E-state index is 0. The van der Waals surface area contributed by atoms with E-state index in [1.165, 1.54) is 77.0 Å². The molecule has 0 aliphatic rings. The summed E-state index contributed by atoms with van der Waals surface area (Å²) in [5.74, 6) is 0.688. The van der Waals surface area contributed by atoms with Gasteiger partial charge in [0.25, 0.3) is 0 Å². The van der Waals surface area contributed by atoms with Crippen molar-refractivity contribution in [2.45, 2.75) is 110 Å². The first-order chi connectivity index (χ1) is 9.10. The Morgan fingerprint density at radius 3 is 1.55 bits per heavy atom. The van der Waals surface area contributed by atoms with E-state index < -0.39 is 0 Å². The summed E-state index contributed by atoms with van der Waals surface area (Å²) in [6, 6.07) is 0. The molecule has 1 unspecified atom stereocenters. The van der Waals surface area contributed by atoms with Crippen LogP contribution in [0.15, 0.2) is 0 Å². The van der Waals surface area contributed by atoms with Gasteiger partial charge in [-0.3, -0.25) is 0 Å². The Kier molecular flexibility index (Phi) is 16.3. The van der Waals surface area contributed by atoms with Crippen molar-refractivity contribution >= 4 is 17.0 Å². The van der Waals surface area contributed by atoms with Crippen molar-refractivity contribution in [1.82, 2.24) is 0 Å². The number of hydrogen-bond acceptors (Lipinski definition) is 1. The van der Waals surface area contributed by atoms with Gasteiger partial charge in [0.15, 0.2) is 0 Å². The van der Waals surface area contributed by atoms with Crippen molar-refractivity contribution in [2.75, 3.05) is 0 Å².